The molecule has 0 unspecified atom stereocenters. The van der Waals surface area contributed by atoms with Crippen molar-refractivity contribution in [1.29, 1.82) is 0 Å². The Hall–Kier alpha value is -2.11. The van der Waals surface area contributed by atoms with Gasteiger partial charge in [0.25, 0.3) is 0 Å². The molecular weight excluding hydrogens is 231 g/mol. The Bertz CT molecular complexity index is 430. The number of carbonyl (C=O) groups excluding carboxylic acids is 2. The highest BCUT2D eigenvalue weighted by Crippen LogP contribution is 2.23. The first-order chi connectivity index (χ1) is 8.02. The van der Waals surface area contributed by atoms with Gasteiger partial charge in [-0.15, -0.1) is 0 Å². The van der Waals surface area contributed by atoms with E-state index < -0.39 is 18.5 Å². The third-order valence-corrected chi connectivity index (χ3v) is 1.84. The van der Waals surface area contributed by atoms with E-state index in [4.69, 9.17) is 9.47 Å². The number of hydrogen-bond donors (Lipinski definition) is 0. The first-order valence-electron chi connectivity index (χ1n) is 4.76. The SMILES string of the molecule is CC(=O)Oc1ccc(OCC(=O)OF)c(C)c1. The zero-order valence-corrected chi connectivity index (χ0v) is 9.36. The van der Waals surface area contributed by atoms with Crippen LogP contribution < -0.4 is 9.47 Å². The van der Waals surface area contributed by atoms with Gasteiger partial charge in [0.2, 0.25) is 0 Å². The summed E-state index contributed by atoms with van der Waals surface area (Å²) in [6.07, 6.45) is 0. The Morgan fingerprint density at radius 1 is 1.35 bits per heavy atom. The summed E-state index contributed by atoms with van der Waals surface area (Å²) in [4.78, 5) is 24.2. The molecule has 0 radical (unpaired) electrons. The Morgan fingerprint density at radius 3 is 2.59 bits per heavy atom. The molecule has 0 amide bonds. The minimum atomic E-state index is -1.12. The molecule has 0 aliphatic heterocycles. The lowest BCUT2D eigenvalue weighted by Gasteiger charge is -2.08. The quantitative estimate of drug-likeness (QED) is 0.594. The number of ether oxygens (including phenoxy) is 2. The maximum Gasteiger partial charge on any atom is 0.385 e. The fraction of sp³-hybridized carbons (Fsp3) is 0.273. The van der Waals surface area contributed by atoms with Gasteiger partial charge in [0, 0.05) is 11.4 Å². The van der Waals surface area contributed by atoms with Gasteiger partial charge < -0.3 is 9.47 Å². The van der Waals surface area contributed by atoms with Gasteiger partial charge in [0.15, 0.2) is 6.61 Å². The number of benzene rings is 1. The maximum absolute atomic E-state index is 11.4. The van der Waals surface area contributed by atoms with E-state index in [2.05, 4.69) is 4.94 Å². The van der Waals surface area contributed by atoms with Crippen LogP contribution in [0.4, 0.5) is 4.53 Å². The molecule has 0 atom stereocenters. The molecule has 1 rings (SSSR count). The van der Waals surface area contributed by atoms with Crippen LogP contribution in [0.2, 0.25) is 0 Å². The number of aryl methyl sites for hydroxylation is 1. The monoisotopic (exact) mass is 242 g/mol. The van der Waals surface area contributed by atoms with Crippen molar-refractivity contribution in [1.82, 2.24) is 0 Å². The van der Waals surface area contributed by atoms with Crippen molar-refractivity contribution < 1.29 is 28.5 Å². The highest BCUT2D eigenvalue weighted by atomic mass is 19.3. The lowest BCUT2D eigenvalue weighted by atomic mass is 10.2. The summed E-state index contributed by atoms with van der Waals surface area (Å²) in [5.74, 6) is -0.797. The van der Waals surface area contributed by atoms with Crippen LogP contribution in [0.5, 0.6) is 11.5 Å². The summed E-state index contributed by atoms with van der Waals surface area (Å²) in [5, 5.41) is 0. The third kappa shape index (κ3) is 4.10. The minimum Gasteiger partial charge on any atom is -0.481 e. The summed E-state index contributed by atoms with van der Waals surface area (Å²) in [6, 6.07) is 4.58. The normalized spacial score (nSPS) is 9.59. The van der Waals surface area contributed by atoms with Crippen molar-refractivity contribution in [3.05, 3.63) is 23.8 Å². The molecule has 0 aliphatic rings. The van der Waals surface area contributed by atoms with Crippen LogP contribution in [0.25, 0.3) is 0 Å². The number of hydrogen-bond acceptors (Lipinski definition) is 5. The van der Waals surface area contributed by atoms with Crippen molar-refractivity contribution in [3.8, 4) is 11.5 Å². The summed E-state index contributed by atoms with van der Waals surface area (Å²) < 4.78 is 21.3. The average molecular weight is 242 g/mol. The molecule has 1 aromatic rings. The molecule has 92 valence electrons. The van der Waals surface area contributed by atoms with Crippen molar-refractivity contribution >= 4 is 11.9 Å². The van der Waals surface area contributed by atoms with Crippen molar-refractivity contribution in [2.24, 2.45) is 0 Å². The van der Waals surface area contributed by atoms with Crippen LogP contribution in [0.3, 0.4) is 0 Å². The molecule has 0 spiro atoms. The lowest BCUT2D eigenvalue weighted by Crippen LogP contribution is -2.11. The maximum atomic E-state index is 11.4. The molecule has 0 bridgehead atoms. The van der Waals surface area contributed by atoms with Gasteiger partial charge in [0.1, 0.15) is 11.5 Å². The number of esters is 1. The molecule has 0 aromatic heterocycles. The molecular formula is C11H11FO5. The summed E-state index contributed by atoms with van der Waals surface area (Å²) >= 11 is 0. The van der Waals surface area contributed by atoms with Crippen LogP contribution in [0.15, 0.2) is 18.2 Å². The van der Waals surface area contributed by atoms with Gasteiger partial charge in [-0.1, -0.05) is 0 Å². The molecule has 17 heavy (non-hydrogen) atoms. The minimum absolute atomic E-state index is 0.371. The van der Waals surface area contributed by atoms with Crippen molar-refractivity contribution in [3.63, 3.8) is 0 Å². The van der Waals surface area contributed by atoms with Gasteiger partial charge >= 0.3 is 11.9 Å². The van der Waals surface area contributed by atoms with Crippen molar-refractivity contribution in [2.45, 2.75) is 13.8 Å². The van der Waals surface area contributed by atoms with Crippen LogP contribution in [0.1, 0.15) is 12.5 Å². The smallest absolute Gasteiger partial charge is 0.385 e. The second-order valence-electron chi connectivity index (χ2n) is 3.26. The highest BCUT2D eigenvalue weighted by Gasteiger charge is 2.08. The van der Waals surface area contributed by atoms with Gasteiger partial charge in [-0.05, 0) is 30.7 Å². The average Bonchev–Trinajstić information content (AvgIpc) is 2.26. The summed E-state index contributed by atoms with van der Waals surface area (Å²) in [6.45, 7) is 2.46. The zero-order valence-electron chi connectivity index (χ0n) is 9.36. The fourth-order valence-corrected chi connectivity index (χ4v) is 1.17. The van der Waals surface area contributed by atoms with Crippen LogP contribution in [0, 0.1) is 6.92 Å². The molecule has 0 saturated carbocycles. The molecule has 1 aromatic carbocycles. The van der Waals surface area contributed by atoms with E-state index in [0.717, 1.165) is 0 Å². The Balaban J connectivity index is 2.69. The molecule has 0 heterocycles. The number of rotatable bonds is 4. The van der Waals surface area contributed by atoms with Crippen molar-refractivity contribution in [2.75, 3.05) is 6.61 Å². The Morgan fingerprint density at radius 2 is 2.06 bits per heavy atom. The molecule has 0 saturated heterocycles. The number of carbonyl (C=O) groups is 2. The van der Waals surface area contributed by atoms with Gasteiger partial charge in [-0.25, -0.2) is 4.79 Å². The predicted octanol–water partition coefficient (Wildman–Crippen LogP) is 1.73. The lowest BCUT2D eigenvalue weighted by molar-refractivity contribution is -0.185. The van der Waals surface area contributed by atoms with Gasteiger partial charge in [-0.2, -0.15) is 0 Å². The standard InChI is InChI=1S/C11H11FO5/c1-7-5-9(16-8(2)13)3-4-10(7)15-6-11(14)17-12/h3-5H,6H2,1-2H3. The van der Waals surface area contributed by atoms with E-state index in [1.165, 1.54) is 19.1 Å². The highest BCUT2D eigenvalue weighted by molar-refractivity contribution is 5.70. The predicted molar refractivity (Wildman–Crippen MR) is 55.2 cm³/mol. The zero-order chi connectivity index (χ0) is 12.8. The Labute approximate surface area is 97.0 Å². The van der Waals surface area contributed by atoms with E-state index in [1.54, 1.807) is 13.0 Å². The first-order valence-corrected chi connectivity index (χ1v) is 4.76. The molecule has 6 heteroatoms. The second kappa shape index (κ2) is 5.83. The molecule has 5 nitrogen and oxygen atoms in total. The fourth-order valence-electron chi connectivity index (χ4n) is 1.17. The second-order valence-corrected chi connectivity index (χ2v) is 3.26. The van der Waals surface area contributed by atoms with Crippen LogP contribution >= 0.6 is 0 Å². The molecule has 0 fully saturated rings. The largest absolute Gasteiger partial charge is 0.481 e. The summed E-state index contributed by atoms with van der Waals surface area (Å²) in [7, 11) is 0. The van der Waals surface area contributed by atoms with E-state index in [-0.39, 0.29) is 0 Å². The van der Waals surface area contributed by atoms with E-state index >= 15 is 0 Å². The first kappa shape index (κ1) is 13.0. The Kier molecular flexibility index (Phi) is 4.45. The van der Waals surface area contributed by atoms with E-state index in [9.17, 15) is 14.1 Å². The summed E-state index contributed by atoms with van der Waals surface area (Å²) in [5.41, 5.74) is 0.649. The van der Waals surface area contributed by atoms with E-state index in [1.807, 2.05) is 0 Å². The van der Waals surface area contributed by atoms with E-state index in [0.29, 0.717) is 17.1 Å². The van der Waals surface area contributed by atoms with Gasteiger partial charge in [0.05, 0.1) is 0 Å². The number of halogens is 1. The topological polar surface area (TPSA) is 61.8 Å². The molecule has 0 aliphatic carbocycles. The third-order valence-electron chi connectivity index (χ3n) is 1.84. The van der Waals surface area contributed by atoms with Crippen LogP contribution in [-0.4, -0.2) is 18.5 Å². The molecule has 0 N–H and O–H groups in total. The van der Waals surface area contributed by atoms with Crippen LogP contribution in [-0.2, 0) is 14.5 Å². The van der Waals surface area contributed by atoms with Gasteiger partial charge in [-0.3, -0.25) is 9.74 Å².